The molecule has 1 aromatic carbocycles. The van der Waals surface area contributed by atoms with Crippen molar-refractivity contribution in [3.63, 3.8) is 0 Å². The first-order valence-corrected chi connectivity index (χ1v) is 10.9. The monoisotopic (exact) mass is 386 g/mol. The fourth-order valence-corrected chi connectivity index (χ4v) is 4.44. The SMILES string of the molecule is CC(C)CNC(=O)[C@@H]1C[C@H](CN2CCN(C)CC2)CN(Cc2ccccc2)C1. The third-order valence-electron chi connectivity index (χ3n) is 6.03. The minimum atomic E-state index is 0.105. The third-order valence-corrected chi connectivity index (χ3v) is 6.03. The van der Waals surface area contributed by atoms with Crippen molar-refractivity contribution in [3.05, 3.63) is 35.9 Å². The summed E-state index contributed by atoms with van der Waals surface area (Å²) in [5, 5.41) is 3.18. The van der Waals surface area contributed by atoms with Crippen LogP contribution in [0.1, 0.15) is 25.8 Å². The van der Waals surface area contributed by atoms with Gasteiger partial charge < -0.3 is 15.1 Å². The Morgan fingerprint density at radius 3 is 2.46 bits per heavy atom. The van der Waals surface area contributed by atoms with E-state index in [1.807, 2.05) is 0 Å². The Kier molecular flexibility index (Phi) is 7.89. The summed E-state index contributed by atoms with van der Waals surface area (Å²) in [6, 6.07) is 10.7. The van der Waals surface area contributed by atoms with Crippen molar-refractivity contribution in [3.8, 4) is 0 Å². The van der Waals surface area contributed by atoms with Gasteiger partial charge in [-0.3, -0.25) is 9.69 Å². The second-order valence-corrected chi connectivity index (χ2v) is 9.22. The average Bonchev–Trinajstić information content (AvgIpc) is 2.68. The zero-order valence-corrected chi connectivity index (χ0v) is 17.9. The maximum absolute atomic E-state index is 12.8. The maximum Gasteiger partial charge on any atom is 0.224 e. The standard InChI is InChI=1S/C23H38N4O/c1-19(2)14-24-23(28)22-13-21(16-26-11-9-25(3)10-12-26)17-27(18-22)15-20-7-5-4-6-8-20/h4-8,19,21-22H,9-18H2,1-3H3,(H,24,28)/t21-,22-/m1/s1. The van der Waals surface area contributed by atoms with E-state index in [9.17, 15) is 4.79 Å². The number of hydrogen-bond donors (Lipinski definition) is 1. The molecule has 0 bridgehead atoms. The van der Waals surface area contributed by atoms with Gasteiger partial charge in [0.15, 0.2) is 0 Å². The Morgan fingerprint density at radius 2 is 1.79 bits per heavy atom. The minimum absolute atomic E-state index is 0.105. The molecule has 5 heteroatoms. The molecule has 0 spiro atoms. The molecule has 2 heterocycles. The van der Waals surface area contributed by atoms with Crippen LogP contribution in [0.4, 0.5) is 0 Å². The lowest BCUT2D eigenvalue weighted by atomic mass is 9.87. The Hall–Kier alpha value is -1.43. The minimum Gasteiger partial charge on any atom is -0.356 e. The molecule has 156 valence electrons. The van der Waals surface area contributed by atoms with E-state index in [2.05, 4.69) is 71.2 Å². The number of nitrogens with one attached hydrogen (secondary N) is 1. The highest BCUT2D eigenvalue weighted by Gasteiger charge is 2.32. The van der Waals surface area contributed by atoms with E-state index in [0.717, 1.165) is 65.3 Å². The van der Waals surface area contributed by atoms with E-state index < -0.39 is 0 Å². The number of amides is 1. The molecular formula is C23H38N4O. The van der Waals surface area contributed by atoms with E-state index in [1.165, 1.54) is 5.56 Å². The molecule has 0 aliphatic carbocycles. The number of hydrogen-bond acceptors (Lipinski definition) is 4. The number of likely N-dealkylation sites (N-methyl/N-ethyl adjacent to an activating group) is 1. The smallest absolute Gasteiger partial charge is 0.224 e. The van der Waals surface area contributed by atoms with E-state index in [-0.39, 0.29) is 11.8 Å². The first kappa shape index (κ1) is 21.3. The molecule has 0 unspecified atom stereocenters. The summed E-state index contributed by atoms with van der Waals surface area (Å²) in [4.78, 5) is 20.3. The van der Waals surface area contributed by atoms with Crippen molar-refractivity contribution in [2.24, 2.45) is 17.8 Å². The molecule has 28 heavy (non-hydrogen) atoms. The molecule has 0 radical (unpaired) electrons. The van der Waals surface area contributed by atoms with Crippen LogP contribution in [0.3, 0.4) is 0 Å². The number of carbonyl (C=O) groups is 1. The number of piperazine rings is 1. The second kappa shape index (κ2) is 10.4. The molecule has 1 aromatic rings. The van der Waals surface area contributed by atoms with Crippen LogP contribution < -0.4 is 5.32 Å². The van der Waals surface area contributed by atoms with Crippen molar-refractivity contribution < 1.29 is 4.79 Å². The Morgan fingerprint density at radius 1 is 1.07 bits per heavy atom. The van der Waals surface area contributed by atoms with E-state index >= 15 is 0 Å². The van der Waals surface area contributed by atoms with E-state index in [0.29, 0.717) is 11.8 Å². The Bertz CT molecular complexity index is 598. The van der Waals surface area contributed by atoms with Gasteiger partial charge in [0.25, 0.3) is 0 Å². The van der Waals surface area contributed by atoms with Gasteiger partial charge in [-0.15, -0.1) is 0 Å². The van der Waals surface area contributed by atoms with Gasteiger partial charge in [0.05, 0.1) is 5.92 Å². The highest BCUT2D eigenvalue weighted by molar-refractivity contribution is 5.79. The van der Waals surface area contributed by atoms with Crippen molar-refractivity contribution in [2.45, 2.75) is 26.8 Å². The number of rotatable bonds is 7. The molecule has 0 saturated carbocycles. The molecule has 2 atom stereocenters. The number of piperidine rings is 1. The normalized spacial score (nSPS) is 25.1. The maximum atomic E-state index is 12.8. The van der Waals surface area contributed by atoms with Crippen LogP contribution in [-0.2, 0) is 11.3 Å². The largest absolute Gasteiger partial charge is 0.356 e. The molecule has 2 aliphatic heterocycles. The Balaban J connectivity index is 1.62. The van der Waals surface area contributed by atoms with Crippen LogP contribution in [0, 0.1) is 17.8 Å². The number of carbonyl (C=O) groups excluding carboxylic acids is 1. The fourth-order valence-electron chi connectivity index (χ4n) is 4.44. The highest BCUT2D eigenvalue weighted by atomic mass is 16.1. The van der Waals surface area contributed by atoms with Crippen LogP contribution in [-0.4, -0.2) is 80.0 Å². The van der Waals surface area contributed by atoms with Gasteiger partial charge in [0.1, 0.15) is 0 Å². The summed E-state index contributed by atoms with van der Waals surface area (Å²) in [6.45, 7) is 13.7. The number of nitrogens with zero attached hydrogens (tertiary/aromatic N) is 3. The average molecular weight is 387 g/mol. The van der Waals surface area contributed by atoms with Gasteiger partial charge in [0.2, 0.25) is 5.91 Å². The van der Waals surface area contributed by atoms with E-state index in [1.54, 1.807) is 0 Å². The summed E-state index contributed by atoms with van der Waals surface area (Å²) in [5.41, 5.74) is 1.34. The Labute approximate surface area is 171 Å². The summed E-state index contributed by atoms with van der Waals surface area (Å²) >= 11 is 0. The predicted molar refractivity (Wildman–Crippen MR) is 115 cm³/mol. The van der Waals surface area contributed by atoms with Crippen molar-refractivity contribution in [2.75, 3.05) is 59.4 Å². The predicted octanol–water partition coefficient (Wildman–Crippen LogP) is 2.14. The number of likely N-dealkylation sites (tertiary alicyclic amines) is 1. The summed E-state index contributed by atoms with van der Waals surface area (Å²) in [5.74, 6) is 1.41. The molecule has 2 fully saturated rings. The quantitative estimate of drug-likeness (QED) is 0.779. The lowest BCUT2D eigenvalue weighted by Crippen LogP contribution is -2.51. The molecule has 0 aromatic heterocycles. The van der Waals surface area contributed by atoms with Gasteiger partial charge >= 0.3 is 0 Å². The molecule has 1 amide bonds. The molecule has 2 saturated heterocycles. The molecular weight excluding hydrogens is 348 g/mol. The van der Waals surface area contributed by atoms with Crippen LogP contribution >= 0.6 is 0 Å². The lowest BCUT2D eigenvalue weighted by Gasteiger charge is -2.41. The van der Waals surface area contributed by atoms with Gasteiger partial charge in [-0.25, -0.2) is 0 Å². The molecule has 2 aliphatic rings. The first-order chi connectivity index (χ1) is 13.5. The van der Waals surface area contributed by atoms with E-state index in [4.69, 9.17) is 0 Å². The third kappa shape index (κ3) is 6.57. The summed E-state index contributed by atoms with van der Waals surface area (Å²) in [7, 11) is 2.20. The molecule has 1 N–H and O–H groups in total. The summed E-state index contributed by atoms with van der Waals surface area (Å²) in [6.07, 6.45) is 1.02. The molecule has 3 rings (SSSR count). The number of benzene rings is 1. The highest BCUT2D eigenvalue weighted by Crippen LogP contribution is 2.25. The topological polar surface area (TPSA) is 38.8 Å². The van der Waals surface area contributed by atoms with Gasteiger partial charge in [-0.2, -0.15) is 0 Å². The first-order valence-electron chi connectivity index (χ1n) is 10.9. The summed E-state index contributed by atoms with van der Waals surface area (Å²) < 4.78 is 0. The van der Waals surface area contributed by atoms with Crippen LogP contribution in [0.2, 0.25) is 0 Å². The van der Waals surface area contributed by atoms with Gasteiger partial charge in [-0.1, -0.05) is 44.2 Å². The zero-order valence-electron chi connectivity index (χ0n) is 17.9. The van der Waals surface area contributed by atoms with Gasteiger partial charge in [-0.05, 0) is 30.9 Å². The van der Waals surface area contributed by atoms with Crippen molar-refractivity contribution in [1.29, 1.82) is 0 Å². The molecule has 5 nitrogen and oxygen atoms in total. The van der Waals surface area contributed by atoms with Crippen LogP contribution in [0.15, 0.2) is 30.3 Å². The second-order valence-electron chi connectivity index (χ2n) is 9.22. The van der Waals surface area contributed by atoms with Crippen LogP contribution in [0.5, 0.6) is 0 Å². The fraction of sp³-hybridized carbons (Fsp3) is 0.696. The lowest BCUT2D eigenvalue weighted by molar-refractivity contribution is -0.128. The van der Waals surface area contributed by atoms with Crippen molar-refractivity contribution in [1.82, 2.24) is 20.0 Å². The van der Waals surface area contributed by atoms with Gasteiger partial charge in [0, 0.05) is 58.9 Å². The van der Waals surface area contributed by atoms with Crippen LogP contribution in [0.25, 0.3) is 0 Å². The zero-order chi connectivity index (χ0) is 19.9. The van der Waals surface area contributed by atoms with Crippen molar-refractivity contribution >= 4 is 5.91 Å².